The third-order valence-corrected chi connectivity index (χ3v) is 3.18. The van der Waals surface area contributed by atoms with E-state index < -0.39 is 0 Å². The van der Waals surface area contributed by atoms with E-state index in [1.54, 1.807) is 0 Å². The Labute approximate surface area is 107 Å². The van der Waals surface area contributed by atoms with E-state index >= 15 is 0 Å². The van der Waals surface area contributed by atoms with Crippen molar-refractivity contribution in [3.05, 3.63) is 48.7 Å². The zero-order chi connectivity index (χ0) is 12.2. The van der Waals surface area contributed by atoms with E-state index in [0.717, 1.165) is 32.1 Å². The van der Waals surface area contributed by atoms with Gasteiger partial charge in [0, 0.05) is 24.8 Å². The van der Waals surface area contributed by atoms with Gasteiger partial charge in [-0.15, -0.1) is 0 Å². The van der Waals surface area contributed by atoms with Gasteiger partial charge < -0.3 is 9.64 Å². The van der Waals surface area contributed by atoms with E-state index in [1.165, 1.54) is 11.1 Å². The molecule has 0 N–H and O–H groups in total. The SMILES string of the molecule is c1ccc(-c2cccnc2N2CCOCC2)cc1. The number of aromatic nitrogens is 1. The summed E-state index contributed by atoms with van der Waals surface area (Å²) in [6.45, 7) is 3.39. The highest BCUT2D eigenvalue weighted by Gasteiger charge is 2.16. The van der Waals surface area contributed by atoms with Crippen LogP contribution in [-0.4, -0.2) is 31.3 Å². The summed E-state index contributed by atoms with van der Waals surface area (Å²) in [5.41, 5.74) is 2.41. The van der Waals surface area contributed by atoms with Gasteiger partial charge in [-0.3, -0.25) is 0 Å². The second kappa shape index (κ2) is 5.19. The molecule has 0 amide bonds. The molecule has 1 fully saturated rings. The van der Waals surface area contributed by atoms with Gasteiger partial charge in [0.1, 0.15) is 5.82 Å². The lowest BCUT2D eigenvalue weighted by Gasteiger charge is -2.29. The molecule has 3 nitrogen and oxygen atoms in total. The van der Waals surface area contributed by atoms with E-state index in [2.05, 4.69) is 40.2 Å². The first-order chi connectivity index (χ1) is 8.95. The van der Waals surface area contributed by atoms with Crippen LogP contribution in [0.5, 0.6) is 0 Å². The molecule has 1 aliphatic rings. The molecular weight excluding hydrogens is 224 g/mol. The minimum Gasteiger partial charge on any atom is -0.378 e. The predicted octanol–water partition coefficient (Wildman–Crippen LogP) is 2.59. The minimum atomic E-state index is 0.783. The average Bonchev–Trinajstić information content (AvgIpc) is 2.49. The largest absolute Gasteiger partial charge is 0.378 e. The summed E-state index contributed by atoms with van der Waals surface area (Å²) in [5, 5.41) is 0. The van der Waals surface area contributed by atoms with Gasteiger partial charge in [-0.25, -0.2) is 4.98 Å². The van der Waals surface area contributed by atoms with Gasteiger partial charge in [-0.1, -0.05) is 30.3 Å². The summed E-state index contributed by atoms with van der Waals surface area (Å²) in [6, 6.07) is 14.5. The molecule has 2 heterocycles. The highest BCUT2D eigenvalue weighted by Crippen LogP contribution is 2.28. The first kappa shape index (κ1) is 11.2. The summed E-state index contributed by atoms with van der Waals surface area (Å²) >= 11 is 0. The number of anilines is 1. The lowest BCUT2D eigenvalue weighted by atomic mass is 10.1. The summed E-state index contributed by atoms with van der Waals surface area (Å²) in [5.74, 6) is 1.06. The fourth-order valence-corrected chi connectivity index (χ4v) is 2.27. The molecule has 2 aromatic rings. The number of nitrogens with zero attached hydrogens (tertiary/aromatic N) is 2. The first-order valence-corrected chi connectivity index (χ1v) is 6.28. The molecule has 1 saturated heterocycles. The summed E-state index contributed by atoms with van der Waals surface area (Å²) in [6.07, 6.45) is 1.86. The van der Waals surface area contributed by atoms with Crippen molar-refractivity contribution in [3.63, 3.8) is 0 Å². The van der Waals surface area contributed by atoms with Gasteiger partial charge in [-0.05, 0) is 17.7 Å². The summed E-state index contributed by atoms with van der Waals surface area (Å²) < 4.78 is 5.40. The lowest BCUT2D eigenvalue weighted by Crippen LogP contribution is -2.37. The Balaban J connectivity index is 1.99. The Hall–Kier alpha value is -1.87. The van der Waals surface area contributed by atoms with Crippen molar-refractivity contribution in [2.75, 3.05) is 31.2 Å². The van der Waals surface area contributed by atoms with Crippen LogP contribution in [0.2, 0.25) is 0 Å². The zero-order valence-electron chi connectivity index (χ0n) is 10.2. The van der Waals surface area contributed by atoms with Crippen LogP contribution >= 0.6 is 0 Å². The van der Waals surface area contributed by atoms with Crippen LogP contribution in [0.3, 0.4) is 0 Å². The Morgan fingerprint density at radius 2 is 1.72 bits per heavy atom. The molecule has 3 rings (SSSR count). The molecule has 0 aliphatic carbocycles. The standard InChI is InChI=1S/C15H16N2O/c1-2-5-13(6-3-1)14-7-4-8-16-15(14)17-9-11-18-12-10-17/h1-8H,9-12H2. The van der Waals surface area contributed by atoms with Gasteiger partial charge in [0.25, 0.3) is 0 Å². The quantitative estimate of drug-likeness (QED) is 0.806. The maximum atomic E-state index is 5.40. The summed E-state index contributed by atoms with van der Waals surface area (Å²) in [7, 11) is 0. The fourth-order valence-electron chi connectivity index (χ4n) is 2.27. The topological polar surface area (TPSA) is 25.4 Å². The Morgan fingerprint density at radius 1 is 0.944 bits per heavy atom. The second-order valence-electron chi connectivity index (χ2n) is 4.34. The van der Waals surface area contributed by atoms with Gasteiger partial charge >= 0.3 is 0 Å². The van der Waals surface area contributed by atoms with E-state index in [-0.39, 0.29) is 0 Å². The Kier molecular flexibility index (Phi) is 3.24. The number of hydrogen-bond acceptors (Lipinski definition) is 3. The number of benzene rings is 1. The normalized spacial score (nSPS) is 15.7. The van der Waals surface area contributed by atoms with E-state index in [0.29, 0.717) is 0 Å². The smallest absolute Gasteiger partial charge is 0.136 e. The zero-order valence-corrected chi connectivity index (χ0v) is 10.2. The van der Waals surface area contributed by atoms with Crippen molar-refractivity contribution in [1.82, 2.24) is 4.98 Å². The second-order valence-corrected chi connectivity index (χ2v) is 4.34. The van der Waals surface area contributed by atoms with E-state index in [1.807, 2.05) is 18.3 Å². The molecule has 3 heteroatoms. The van der Waals surface area contributed by atoms with Crippen LogP contribution < -0.4 is 4.90 Å². The van der Waals surface area contributed by atoms with Crippen LogP contribution in [-0.2, 0) is 4.74 Å². The highest BCUT2D eigenvalue weighted by molar-refractivity contribution is 5.75. The summed E-state index contributed by atoms with van der Waals surface area (Å²) in [4.78, 5) is 6.85. The first-order valence-electron chi connectivity index (χ1n) is 6.28. The molecule has 1 aliphatic heterocycles. The molecule has 0 spiro atoms. The molecule has 0 unspecified atom stereocenters. The Bertz CT molecular complexity index is 507. The number of pyridine rings is 1. The van der Waals surface area contributed by atoms with Crippen molar-refractivity contribution < 1.29 is 4.74 Å². The maximum Gasteiger partial charge on any atom is 0.136 e. The molecule has 18 heavy (non-hydrogen) atoms. The fraction of sp³-hybridized carbons (Fsp3) is 0.267. The number of hydrogen-bond donors (Lipinski definition) is 0. The van der Waals surface area contributed by atoms with Crippen LogP contribution in [0, 0.1) is 0 Å². The average molecular weight is 240 g/mol. The van der Waals surface area contributed by atoms with Crippen LogP contribution in [0.15, 0.2) is 48.7 Å². The van der Waals surface area contributed by atoms with E-state index in [9.17, 15) is 0 Å². The van der Waals surface area contributed by atoms with Crippen molar-refractivity contribution in [2.24, 2.45) is 0 Å². The van der Waals surface area contributed by atoms with Gasteiger partial charge in [0.2, 0.25) is 0 Å². The predicted molar refractivity (Wildman–Crippen MR) is 72.7 cm³/mol. The monoisotopic (exact) mass is 240 g/mol. The highest BCUT2D eigenvalue weighted by atomic mass is 16.5. The number of morpholine rings is 1. The van der Waals surface area contributed by atoms with Crippen LogP contribution in [0.4, 0.5) is 5.82 Å². The van der Waals surface area contributed by atoms with Crippen LogP contribution in [0.25, 0.3) is 11.1 Å². The van der Waals surface area contributed by atoms with Gasteiger partial charge in [-0.2, -0.15) is 0 Å². The maximum absolute atomic E-state index is 5.40. The third-order valence-electron chi connectivity index (χ3n) is 3.18. The van der Waals surface area contributed by atoms with Gasteiger partial charge in [0.05, 0.1) is 13.2 Å². The van der Waals surface area contributed by atoms with Crippen molar-refractivity contribution in [1.29, 1.82) is 0 Å². The van der Waals surface area contributed by atoms with E-state index in [4.69, 9.17) is 4.74 Å². The molecule has 92 valence electrons. The lowest BCUT2D eigenvalue weighted by molar-refractivity contribution is 0.122. The molecule has 0 atom stereocenters. The minimum absolute atomic E-state index is 0.783. The van der Waals surface area contributed by atoms with Crippen molar-refractivity contribution in [3.8, 4) is 11.1 Å². The third kappa shape index (κ3) is 2.22. The van der Waals surface area contributed by atoms with Crippen molar-refractivity contribution >= 4 is 5.82 Å². The molecule has 0 radical (unpaired) electrons. The molecule has 1 aromatic heterocycles. The number of ether oxygens (including phenoxy) is 1. The molecular formula is C15H16N2O. The molecule has 0 bridgehead atoms. The van der Waals surface area contributed by atoms with Gasteiger partial charge in [0.15, 0.2) is 0 Å². The number of rotatable bonds is 2. The molecule has 0 saturated carbocycles. The van der Waals surface area contributed by atoms with Crippen LogP contribution in [0.1, 0.15) is 0 Å². The Morgan fingerprint density at radius 3 is 2.50 bits per heavy atom. The molecule has 1 aromatic carbocycles. The van der Waals surface area contributed by atoms with Crippen molar-refractivity contribution in [2.45, 2.75) is 0 Å².